The molecule has 0 aromatic carbocycles. The number of esters is 1. The van der Waals surface area contributed by atoms with E-state index < -0.39 is 0 Å². The molecule has 0 aliphatic heterocycles. The van der Waals surface area contributed by atoms with E-state index in [0.717, 1.165) is 9.35 Å². The van der Waals surface area contributed by atoms with E-state index >= 15 is 0 Å². The van der Waals surface area contributed by atoms with Crippen LogP contribution in [-0.4, -0.2) is 12.6 Å². The lowest BCUT2D eigenvalue weighted by Gasteiger charge is -1.93. The summed E-state index contributed by atoms with van der Waals surface area (Å²) in [5, 5.41) is 1.96. The highest BCUT2D eigenvalue weighted by molar-refractivity contribution is 9.11. The third-order valence-electron chi connectivity index (χ3n) is 1.29. The molecule has 0 spiro atoms. The Labute approximate surface area is 89.3 Å². The van der Waals surface area contributed by atoms with Gasteiger partial charge in [0.2, 0.25) is 0 Å². The molecule has 13 heavy (non-hydrogen) atoms. The first-order chi connectivity index (χ1) is 6.22. The van der Waals surface area contributed by atoms with Crippen LogP contribution in [0.25, 0.3) is 6.08 Å². The molecule has 2 nitrogen and oxygen atoms in total. The van der Waals surface area contributed by atoms with Gasteiger partial charge in [0.25, 0.3) is 0 Å². The van der Waals surface area contributed by atoms with Gasteiger partial charge in [0, 0.05) is 6.08 Å². The minimum absolute atomic E-state index is 0.301. The largest absolute Gasteiger partial charge is 0.463 e. The highest BCUT2D eigenvalue weighted by Crippen LogP contribution is 2.21. The number of hydrogen-bond donors (Lipinski definition) is 0. The van der Waals surface area contributed by atoms with Crippen LogP contribution in [0.5, 0.6) is 0 Å². The maximum atomic E-state index is 10.9. The highest BCUT2D eigenvalue weighted by Gasteiger charge is 1.95. The molecule has 0 saturated carbocycles. The molecular formula is C9H9BrO2S. The topological polar surface area (TPSA) is 26.3 Å². The Morgan fingerprint density at radius 1 is 1.77 bits per heavy atom. The summed E-state index contributed by atoms with van der Waals surface area (Å²) in [5.74, 6) is -0.301. The number of thiophene rings is 1. The van der Waals surface area contributed by atoms with Crippen LogP contribution in [0.1, 0.15) is 12.5 Å². The molecule has 1 rings (SSSR count). The number of hydrogen-bond acceptors (Lipinski definition) is 3. The fourth-order valence-corrected chi connectivity index (χ4v) is 1.91. The molecule has 1 aromatic rings. The number of halogens is 1. The van der Waals surface area contributed by atoms with E-state index in [1.54, 1.807) is 24.3 Å². The summed E-state index contributed by atoms with van der Waals surface area (Å²) in [6.07, 6.45) is 3.16. The van der Waals surface area contributed by atoms with Crippen molar-refractivity contribution >= 4 is 39.3 Å². The third-order valence-corrected chi connectivity index (χ3v) is 2.81. The van der Waals surface area contributed by atoms with Gasteiger partial charge in [-0.05, 0) is 45.9 Å². The zero-order chi connectivity index (χ0) is 9.68. The molecule has 0 unspecified atom stereocenters. The zero-order valence-corrected chi connectivity index (χ0v) is 9.52. The molecule has 4 heteroatoms. The molecule has 0 aliphatic rings. The molecule has 70 valence electrons. The van der Waals surface area contributed by atoms with Crippen LogP contribution in [0.3, 0.4) is 0 Å². The lowest BCUT2D eigenvalue weighted by Crippen LogP contribution is -1.98. The van der Waals surface area contributed by atoms with Crippen molar-refractivity contribution in [3.05, 3.63) is 26.9 Å². The Bertz CT molecular complexity index is 317. The zero-order valence-electron chi connectivity index (χ0n) is 7.12. The molecule has 1 heterocycles. The fraction of sp³-hybridized carbons (Fsp3) is 0.222. The summed E-state index contributed by atoms with van der Waals surface area (Å²) in [4.78, 5) is 10.9. The lowest BCUT2D eigenvalue weighted by molar-refractivity contribution is -0.137. The van der Waals surface area contributed by atoms with Gasteiger partial charge in [0.1, 0.15) is 0 Å². The minimum Gasteiger partial charge on any atom is -0.463 e. The van der Waals surface area contributed by atoms with Crippen LogP contribution in [0.4, 0.5) is 0 Å². The van der Waals surface area contributed by atoms with Crippen molar-refractivity contribution in [2.75, 3.05) is 6.61 Å². The standard InChI is InChI=1S/C9H9BrO2S/c1-2-12-9(11)4-3-7-5-8(10)13-6-7/h3-6H,2H2,1H3. The van der Waals surface area contributed by atoms with Crippen molar-refractivity contribution in [3.63, 3.8) is 0 Å². The first-order valence-corrected chi connectivity index (χ1v) is 5.48. The van der Waals surface area contributed by atoms with Crippen LogP contribution >= 0.6 is 27.3 Å². The van der Waals surface area contributed by atoms with E-state index in [1.165, 1.54) is 6.08 Å². The average Bonchev–Trinajstić information content (AvgIpc) is 2.49. The second kappa shape index (κ2) is 5.19. The highest BCUT2D eigenvalue weighted by atomic mass is 79.9. The van der Waals surface area contributed by atoms with Gasteiger partial charge in [-0.15, -0.1) is 11.3 Å². The number of rotatable bonds is 3. The van der Waals surface area contributed by atoms with Gasteiger partial charge in [-0.2, -0.15) is 0 Å². The number of carbonyl (C=O) groups excluding carboxylic acids is 1. The Morgan fingerprint density at radius 3 is 3.08 bits per heavy atom. The Kier molecular flexibility index (Phi) is 4.18. The first kappa shape index (κ1) is 10.5. The van der Waals surface area contributed by atoms with Crippen molar-refractivity contribution in [2.45, 2.75) is 6.92 Å². The Balaban J connectivity index is 2.53. The van der Waals surface area contributed by atoms with Gasteiger partial charge < -0.3 is 4.74 Å². The second-order valence-corrected chi connectivity index (χ2v) is 4.56. The quantitative estimate of drug-likeness (QED) is 0.617. The van der Waals surface area contributed by atoms with Gasteiger partial charge in [0.15, 0.2) is 0 Å². The van der Waals surface area contributed by atoms with E-state index in [0.29, 0.717) is 6.61 Å². The SMILES string of the molecule is CCOC(=O)C=Cc1csc(Br)c1. The first-order valence-electron chi connectivity index (χ1n) is 3.81. The van der Waals surface area contributed by atoms with E-state index in [9.17, 15) is 4.79 Å². The summed E-state index contributed by atoms with van der Waals surface area (Å²) >= 11 is 4.92. The molecular weight excluding hydrogens is 252 g/mol. The predicted octanol–water partition coefficient (Wildman–Crippen LogP) is 3.09. The van der Waals surface area contributed by atoms with Crippen LogP contribution in [0, 0.1) is 0 Å². The number of ether oxygens (including phenoxy) is 1. The van der Waals surface area contributed by atoms with Crippen molar-refractivity contribution in [1.29, 1.82) is 0 Å². The third kappa shape index (κ3) is 3.74. The van der Waals surface area contributed by atoms with Gasteiger partial charge in [-0.25, -0.2) is 4.79 Å². The summed E-state index contributed by atoms with van der Waals surface area (Å²) in [6.45, 7) is 2.20. The van der Waals surface area contributed by atoms with Crippen molar-refractivity contribution < 1.29 is 9.53 Å². The van der Waals surface area contributed by atoms with Crippen molar-refractivity contribution in [2.24, 2.45) is 0 Å². The summed E-state index contributed by atoms with van der Waals surface area (Å²) in [5.41, 5.74) is 1.00. The van der Waals surface area contributed by atoms with Crippen LogP contribution < -0.4 is 0 Å². The smallest absolute Gasteiger partial charge is 0.330 e. The van der Waals surface area contributed by atoms with E-state index in [2.05, 4.69) is 15.9 Å². The van der Waals surface area contributed by atoms with E-state index in [1.807, 2.05) is 11.4 Å². The molecule has 0 aliphatic carbocycles. The molecule has 1 aromatic heterocycles. The maximum Gasteiger partial charge on any atom is 0.330 e. The van der Waals surface area contributed by atoms with Crippen LogP contribution in [0.15, 0.2) is 21.3 Å². The van der Waals surface area contributed by atoms with Gasteiger partial charge in [-0.1, -0.05) is 0 Å². The molecule has 0 radical (unpaired) electrons. The van der Waals surface area contributed by atoms with Gasteiger partial charge >= 0.3 is 5.97 Å². The molecule has 0 atom stereocenters. The fourth-order valence-electron chi connectivity index (χ4n) is 0.765. The van der Waals surface area contributed by atoms with Gasteiger partial charge in [-0.3, -0.25) is 0 Å². The predicted molar refractivity (Wildman–Crippen MR) is 57.7 cm³/mol. The monoisotopic (exact) mass is 260 g/mol. The van der Waals surface area contributed by atoms with Gasteiger partial charge in [0.05, 0.1) is 10.4 Å². The summed E-state index contributed by atoms with van der Waals surface area (Å²) < 4.78 is 5.79. The van der Waals surface area contributed by atoms with Crippen molar-refractivity contribution in [1.82, 2.24) is 0 Å². The van der Waals surface area contributed by atoms with E-state index in [-0.39, 0.29) is 5.97 Å². The van der Waals surface area contributed by atoms with Crippen molar-refractivity contribution in [3.8, 4) is 0 Å². The molecule has 0 N–H and O–H groups in total. The number of carbonyl (C=O) groups is 1. The second-order valence-electron chi connectivity index (χ2n) is 2.27. The summed E-state index contributed by atoms with van der Waals surface area (Å²) in [6, 6.07) is 1.94. The summed E-state index contributed by atoms with van der Waals surface area (Å²) in [7, 11) is 0. The normalized spacial score (nSPS) is 10.6. The Morgan fingerprint density at radius 2 is 2.54 bits per heavy atom. The van der Waals surface area contributed by atoms with Crippen LogP contribution in [-0.2, 0) is 9.53 Å². The van der Waals surface area contributed by atoms with Crippen LogP contribution in [0.2, 0.25) is 0 Å². The van der Waals surface area contributed by atoms with E-state index in [4.69, 9.17) is 4.74 Å². The molecule has 0 bridgehead atoms. The maximum absolute atomic E-state index is 10.9. The molecule has 0 amide bonds. The molecule has 0 saturated heterocycles. The Hall–Kier alpha value is -0.610. The lowest BCUT2D eigenvalue weighted by atomic mass is 10.3. The molecule has 0 fully saturated rings. The average molecular weight is 261 g/mol. The minimum atomic E-state index is -0.301.